The molecule has 2 aliphatic rings. The summed E-state index contributed by atoms with van der Waals surface area (Å²) in [5.41, 5.74) is 6.85. The van der Waals surface area contributed by atoms with E-state index in [1.54, 1.807) is 11.0 Å². The van der Waals surface area contributed by atoms with E-state index in [0.29, 0.717) is 171 Å². The fraction of sp³-hybridized carbons (Fsp3) is 0.718. The van der Waals surface area contributed by atoms with E-state index in [9.17, 15) is 14.4 Å². The number of rotatable bonds is 39. The first-order valence-electron chi connectivity index (χ1n) is 19.2. The Hall–Kier alpha value is -3.29. The van der Waals surface area contributed by atoms with Gasteiger partial charge in [-0.05, 0) is 6.08 Å². The maximum absolute atomic E-state index is 11.7. The quantitative estimate of drug-likeness (QED) is 0.0665. The monoisotopic (exact) mass is 816 g/mol. The van der Waals surface area contributed by atoms with Crippen LogP contribution in [0, 0.1) is 0 Å². The molecule has 57 heavy (non-hydrogen) atoms. The first-order valence-corrected chi connectivity index (χ1v) is 19.2. The van der Waals surface area contributed by atoms with Gasteiger partial charge in [0.05, 0.1) is 183 Å². The summed E-state index contributed by atoms with van der Waals surface area (Å²) in [5, 5.41) is 11.1. The number of allylic oxidation sites excluding steroid dienone is 2. The molecule has 2 aliphatic heterocycles. The maximum atomic E-state index is 11.7. The van der Waals surface area contributed by atoms with E-state index in [1.165, 1.54) is 6.08 Å². The third kappa shape index (κ3) is 33.4. The van der Waals surface area contributed by atoms with Gasteiger partial charge in [-0.25, -0.2) is 0 Å². The molecule has 0 aromatic carbocycles. The van der Waals surface area contributed by atoms with E-state index < -0.39 is 5.97 Å². The highest BCUT2D eigenvalue weighted by molar-refractivity contribution is 5.93. The average Bonchev–Trinajstić information content (AvgIpc) is 3.81. The van der Waals surface area contributed by atoms with Gasteiger partial charge in [-0.15, -0.1) is 11.5 Å². The van der Waals surface area contributed by atoms with Crippen LogP contribution in [-0.2, 0) is 71.2 Å². The van der Waals surface area contributed by atoms with Gasteiger partial charge in [0.15, 0.2) is 0 Å². The lowest BCUT2D eigenvalue weighted by Gasteiger charge is -2.16. The number of hydrogen-bond donors (Lipinski definition) is 2. The molecule has 326 valence electrons. The number of amides is 2. The van der Waals surface area contributed by atoms with Crippen molar-refractivity contribution in [2.75, 3.05) is 165 Å². The molecule has 0 bridgehead atoms. The van der Waals surface area contributed by atoms with Gasteiger partial charge < -0.3 is 67.3 Å². The smallest absolute Gasteiger partial charge is 0.305 e. The van der Waals surface area contributed by atoms with Crippen molar-refractivity contribution in [2.45, 2.75) is 19.3 Å². The molecule has 2 rings (SSSR count). The van der Waals surface area contributed by atoms with Crippen LogP contribution >= 0.6 is 0 Å². The van der Waals surface area contributed by atoms with E-state index in [4.69, 9.17) is 61.9 Å². The minimum atomic E-state index is -0.878. The molecule has 0 saturated carbocycles. The largest absolute Gasteiger partial charge is 0.481 e. The Morgan fingerprint density at radius 2 is 0.860 bits per heavy atom. The maximum Gasteiger partial charge on any atom is 0.305 e. The summed E-state index contributed by atoms with van der Waals surface area (Å²) in [6.45, 7) is 18.2. The summed E-state index contributed by atoms with van der Waals surface area (Å²) in [6.07, 6.45) is 4.55. The second kappa shape index (κ2) is 39.5. The van der Waals surface area contributed by atoms with Crippen LogP contribution in [-0.4, -0.2) is 193 Å². The van der Waals surface area contributed by atoms with E-state index >= 15 is 0 Å². The number of ether oxygens (including phenoxy) is 12. The normalized spacial score (nSPS) is 13.5. The molecule has 0 aromatic heterocycles. The molecule has 0 spiro atoms. The van der Waals surface area contributed by atoms with Gasteiger partial charge >= 0.3 is 5.97 Å². The van der Waals surface area contributed by atoms with Crippen LogP contribution in [0.5, 0.6) is 0 Å². The van der Waals surface area contributed by atoms with E-state index in [0.717, 1.165) is 12.1 Å². The van der Waals surface area contributed by atoms with Crippen LogP contribution in [0.15, 0.2) is 48.2 Å². The van der Waals surface area contributed by atoms with Crippen molar-refractivity contribution in [1.29, 1.82) is 0 Å². The van der Waals surface area contributed by atoms with Gasteiger partial charge in [0.1, 0.15) is 0 Å². The lowest BCUT2D eigenvalue weighted by atomic mass is 10.3. The molecular formula is C39H64N2O16. The molecule has 0 unspecified atom stereocenters. The highest BCUT2D eigenvalue weighted by Crippen LogP contribution is 2.12. The van der Waals surface area contributed by atoms with Crippen LogP contribution in [0.2, 0.25) is 0 Å². The summed E-state index contributed by atoms with van der Waals surface area (Å²) in [7, 11) is 0. The van der Waals surface area contributed by atoms with Gasteiger partial charge in [-0.3, -0.25) is 19.3 Å². The third-order valence-corrected chi connectivity index (χ3v) is 7.24. The third-order valence-electron chi connectivity index (χ3n) is 7.24. The zero-order valence-corrected chi connectivity index (χ0v) is 33.4. The summed E-state index contributed by atoms with van der Waals surface area (Å²) in [6, 6.07) is 0. The SMILES string of the molecule is C=C=C1C=CC(=O)N1CCOCCOCCOCCOCCOCCOCCOCCOCCOCCOCCOCCOCCC(=O)O.C=C=C1CCC(=O)N1. The van der Waals surface area contributed by atoms with Gasteiger partial charge in [-0.1, -0.05) is 13.2 Å². The molecule has 0 atom stereocenters. The molecule has 18 heteroatoms. The lowest BCUT2D eigenvalue weighted by molar-refractivity contribution is -0.138. The molecule has 0 radical (unpaired) electrons. The molecule has 18 nitrogen and oxygen atoms in total. The van der Waals surface area contributed by atoms with E-state index in [-0.39, 0.29) is 24.8 Å². The highest BCUT2D eigenvalue weighted by atomic mass is 16.6. The van der Waals surface area contributed by atoms with Crippen molar-refractivity contribution in [2.24, 2.45) is 0 Å². The molecular weight excluding hydrogens is 752 g/mol. The van der Waals surface area contributed by atoms with Gasteiger partial charge in [-0.2, -0.15) is 0 Å². The molecule has 1 fully saturated rings. The second-order valence-corrected chi connectivity index (χ2v) is 11.6. The Morgan fingerprint density at radius 3 is 1.12 bits per heavy atom. The van der Waals surface area contributed by atoms with E-state index in [2.05, 4.69) is 29.9 Å². The Balaban J connectivity index is 0.00000179. The number of carbonyl (C=O) groups excluding carboxylic acids is 2. The molecule has 0 aliphatic carbocycles. The number of nitrogens with one attached hydrogen (secondary N) is 1. The fourth-order valence-electron chi connectivity index (χ4n) is 4.33. The van der Waals surface area contributed by atoms with Gasteiger partial charge in [0.25, 0.3) is 5.91 Å². The summed E-state index contributed by atoms with van der Waals surface area (Å²) >= 11 is 0. The number of carboxylic acid groups (broad SMARTS) is 1. The van der Waals surface area contributed by atoms with Crippen molar-refractivity contribution in [3.8, 4) is 0 Å². The van der Waals surface area contributed by atoms with E-state index in [1.807, 2.05) is 0 Å². The summed E-state index contributed by atoms with van der Waals surface area (Å²) in [5.74, 6) is -0.881. The van der Waals surface area contributed by atoms with Gasteiger partial charge in [0, 0.05) is 18.9 Å². The standard InChI is InChI=1S/C33H57NO15.C6H7NO/c1-2-31-3-4-32(35)34(31)6-8-39-10-12-41-14-16-43-18-20-45-22-24-47-26-28-49-30-29-48-27-25-46-23-21-44-19-17-42-15-13-40-11-9-38-7-5-33(36)37;1-2-5-3-4-6(8)7-5/h3-4H,1,5-30H2,(H,36,37);1,3-4H2,(H,7,8). The second-order valence-electron chi connectivity index (χ2n) is 11.6. The van der Waals surface area contributed by atoms with Crippen molar-refractivity contribution in [3.63, 3.8) is 0 Å². The predicted octanol–water partition coefficient (Wildman–Crippen LogP) is 1.29. The Labute approximate surface area is 336 Å². The molecule has 2 heterocycles. The first kappa shape index (κ1) is 51.7. The topological polar surface area (TPSA) is 197 Å². The minimum Gasteiger partial charge on any atom is -0.481 e. The first-order chi connectivity index (χ1) is 28.0. The van der Waals surface area contributed by atoms with Crippen molar-refractivity contribution in [1.82, 2.24) is 10.2 Å². The average molecular weight is 817 g/mol. The molecule has 2 amide bonds. The summed E-state index contributed by atoms with van der Waals surface area (Å²) in [4.78, 5) is 34.0. The van der Waals surface area contributed by atoms with Crippen LogP contribution in [0.3, 0.4) is 0 Å². The highest BCUT2D eigenvalue weighted by Gasteiger charge is 2.19. The Bertz CT molecular complexity index is 1170. The number of aliphatic carboxylic acids is 1. The molecule has 2 N–H and O–H groups in total. The fourth-order valence-corrected chi connectivity index (χ4v) is 4.33. The van der Waals surface area contributed by atoms with Crippen LogP contribution in [0.4, 0.5) is 0 Å². The Morgan fingerprint density at radius 1 is 0.526 bits per heavy atom. The van der Waals surface area contributed by atoms with Crippen LogP contribution in [0.1, 0.15) is 19.3 Å². The number of hydrogen-bond acceptors (Lipinski definition) is 15. The van der Waals surface area contributed by atoms with Crippen LogP contribution < -0.4 is 5.32 Å². The molecule has 0 aromatic rings. The van der Waals surface area contributed by atoms with Gasteiger partial charge in [0.2, 0.25) is 5.91 Å². The minimum absolute atomic E-state index is 0.00640. The van der Waals surface area contributed by atoms with Crippen molar-refractivity contribution in [3.05, 3.63) is 48.2 Å². The zero-order chi connectivity index (χ0) is 41.3. The number of carbonyl (C=O) groups is 3. The number of nitrogens with zero attached hydrogens (tertiary/aromatic N) is 1. The van der Waals surface area contributed by atoms with Crippen molar-refractivity contribution < 1.29 is 76.3 Å². The van der Waals surface area contributed by atoms with Crippen molar-refractivity contribution >= 4 is 17.8 Å². The zero-order valence-electron chi connectivity index (χ0n) is 33.4. The summed E-state index contributed by atoms with van der Waals surface area (Å²) < 4.78 is 65.0. The lowest BCUT2D eigenvalue weighted by Crippen LogP contribution is -2.28. The predicted molar refractivity (Wildman–Crippen MR) is 206 cm³/mol. The Kier molecular flexibility index (Phi) is 35.9. The number of carboxylic acids is 1. The van der Waals surface area contributed by atoms with Crippen LogP contribution in [0.25, 0.3) is 0 Å². The molecule has 1 saturated heterocycles.